The molecule has 1 atom stereocenters. The molecule has 0 spiro atoms. The first-order chi connectivity index (χ1) is 15.5. The Morgan fingerprint density at radius 2 is 1.75 bits per heavy atom. The number of piperidine rings is 1. The highest BCUT2D eigenvalue weighted by Crippen LogP contribution is 2.35. The van der Waals surface area contributed by atoms with Crippen molar-refractivity contribution < 1.29 is 18.7 Å². The van der Waals surface area contributed by atoms with Crippen molar-refractivity contribution in [3.63, 3.8) is 0 Å². The summed E-state index contributed by atoms with van der Waals surface area (Å²) >= 11 is 0. The van der Waals surface area contributed by atoms with E-state index in [2.05, 4.69) is 11.8 Å². The van der Waals surface area contributed by atoms with E-state index in [1.807, 2.05) is 31.2 Å². The van der Waals surface area contributed by atoms with Gasteiger partial charge in [-0.05, 0) is 60.6 Å². The second-order valence-electron chi connectivity index (χ2n) is 8.61. The van der Waals surface area contributed by atoms with Crippen LogP contribution >= 0.6 is 0 Å². The van der Waals surface area contributed by atoms with E-state index in [0.29, 0.717) is 34.9 Å². The van der Waals surface area contributed by atoms with E-state index >= 15 is 0 Å². The standard InChI is InChI=1S/C26H29FN2O3/c1-3-15-32-22-12-8-20(9-13-22)23-24(28-14-4-5-18(2)16-28)26(31)29(25(23)30)17-19-6-10-21(27)11-7-19/h6-13,18H,3-5,14-17H2,1-2H3. The average molecular weight is 437 g/mol. The highest BCUT2D eigenvalue weighted by atomic mass is 19.1. The number of carbonyl (C=O) groups excluding carboxylic acids is 2. The number of halogens is 1. The molecule has 0 N–H and O–H groups in total. The zero-order valence-corrected chi connectivity index (χ0v) is 18.6. The molecule has 0 aromatic heterocycles. The van der Waals surface area contributed by atoms with Crippen LogP contribution in [0.15, 0.2) is 54.2 Å². The summed E-state index contributed by atoms with van der Waals surface area (Å²) in [7, 11) is 0. The van der Waals surface area contributed by atoms with Crippen LogP contribution in [0.3, 0.4) is 0 Å². The number of benzene rings is 2. The Bertz CT molecular complexity index is 1010. The molecular weight excluding hydrogens is 407 g/mol. The summed E-state index contributed by atoms with van der Waals surface area (Å²) in [5.41, 5.74) is 2.34. The first-order valence-electron chi connectivity index (χ1n) is 11.3. The Labute approximate surface area is 188 Å². The number of amides is 2. The maximum Gasteiger partial charge on any atom is 0.278 e. The first-order valence-corrected chi connectivity index (χ1v) is 11.3. The number of imide groups is 1. The van der Waals surface area contributed by atoms with Crippen molar-refractivity contribution in [2.75, 3.05) is 19.7 Å². The van der Waals surface area contributed by atoms with Crippen LogP contribution in [0, 0.1) is 11.7 Å². The fraction of sp³-hybridized carbons (Fsp3) is 0.385. The van der Waals surface area contributed by atoms with Crippen molar-refractivity contribution in [2.24, 2.45) is 5.92 Å². The molecule has 32 heavy (non-hydrogen) atoms. The minimum atomic E-state index is -0.347. The maximum absolute atomic E-state index is 13.5. The number of hydrogen-bond donors (Lipinski definition) is 0. The number of nitrogens with zero attached hydrogens (tertiary/aromatic N) is 2. The Morgan fingerprint density at radius 1 is 1.03 bits per heavy atom. The van der Waals surface area contributed by atoms with E-state index in [1.54, 1.807) is 12.1 Å². The summed E-state index contributed by atoms with van der Waals surface area (Å²) < 4.78 is 19.0. The van der Waals surface area contributed by atoms with Gasteiger partial charge in [0.2, 0.25) is 0 Å². The fourth-order valence-corrected chi connectivity index (χ4v) is 4.36. The van der Waals surface area contributed by atoms with Gasteiger partial charge in [0, 0.05) is 13.1 Å². The molecule has 1 unspecified atom stereocenters. The summed E-state index contributed by atoms with van der Waals surface area (Å²) in [5.74, 6) is 0.255. The lowest BCUT2D eigenvalue weighted by Crippen LogP contribution is -2.39. The predicted octanol–water partition coefficient (Wildman–Crippen LogP) is 4.63. The molecule has 2 aromatic carbocycles. The molecule has 2 amide bonds. The molecule has 2 aromatic rings. The molecule has 0 aliphatic carbocycles. The van der Waals surface area contributed by atoms with Crippen LogP contribution in [0.2, 0.25) is 0 Å². The topological polar surface area (TPSA) is 49.9 Å². The van der Waals surface area contributed by atoms with Gasteiger partial charge in [-0.1, -0.05) is 38.1 Å². The third-order valence-corrected chi connectivity index (χ3v) is 5.99. The van der Waals surface area contributed by atoms with Gasteiger partial charge >= 0.3 is 0 Å². The first kappa shape index (κ1) is 22.1. The quantitative estimate of drug-likeness (QED) is 0.594. The van der Waals surface area contributed by atoms with Crippen LogP contribution in [0.25, 0.3) is 5.57 Å². The van der Waals surface area contributed by atoms with Crippen molar-refractivity contribution in [1.82, 2.24) is 9.80 Å². The Kier molecular flexibility index (Phi) is 6.58. The molecule has 0 saturated carbocycles. The van der Waals surface area contributed by atoms with E-state index in [0.717, 1.165) is 38.1 Å². The second-order valence-corrected chi connectivity index (χ2v) is 8.61. The molecule has 1 saturated heterocycles. The van der Waals surface area contributed by atoms with Crippen LogP contribution < -0.4 is 4.74 Å². The van der Waals surface area contributed by atoms with Gasteiger partial charge in [0.1, 0.15) is 17.3 Å². The minimum Gasteiger partial charge on any atom is -0.494 e. The third-order valence-electron chi connectivity index (χ3n) is 5.99. The number of ether oxygens (including phenoxy) is 1. The molecule has 1 fully saturated rings. The van der Waals surface area contributed by atoms with Gasteiger partial charge in [-0.25, -0.2) is 4.39 Å². The summed E-state index contributed by atoms with van der Waals surface area (Å²) in [4.78, 5) is 30.3. The SMILES string of the molecule is CCCOc1ccc(C2=C(N3CCCC(C)C3)C(=O)N(Cc3ccc(F)cc3)C2=O)cc1. The number of rotatable bonds is 7. The van der Waals surface area contributed by atoms with Crippen LogP contribution in [0.4, 0.5) is 4.39 Å². The molecule has 0 bridgehead atoms. The molecule has 6 heteroatoms. The number of likely N-dealkylation sites (tertiary alicyclic amines) is 1. The van der Waals surface area contributed by atoms with Gasteiger partial charge in [-0.3, -0.25) is 14.5 Å². The largest absolute Gasteiger partial charge is 0.494 e. The molecule has 5 nitrogen and oxygen atoms in total. The summed E-state index contributed by atoms with van der Waals surface area (Å²) in [5, 5.41) is 0. The predicted molar refractivity (Wildman–Crippen MR) is 121 cm³/mol. The van der Waals surface area contributed by atoms with Gasteiger partial charge in [0.15, 0.2) is 0 Å². The monoisotopic (exact) mass is 436 g/mol. The molecule has 2 heterocycles. The van der Waals surface area contributed by atoms with E-state index in [1.165, 1.54) is 17.0 Å². The highest BCUT2D eigenvalue weighted by molar-refractivity contribution is 6.35. The van der Waals surface area contributed by atoms with Crippen LogP contribution in [0.1, 0.15) is 44.2 Å². The summed E-state index contributed by atoms with van der Waals surface area (Å²) in [6, 6.07) is 13.3. The summed E-state index contributed by atoms with van der Waals surface area (Å²) in [6.07, 6.45) is 3.01. The molecule has 4 rings (SSSR count). The van der Waals surface area contributed by atoms with Gasteiger partial charge < -0.3 is 9.64 Å². The van der Waals surface area contributed by atoms with E-state index in [9.17, 15) is 14.0 Å². The number of carbonyl (C=O) groups is 2. The van der Waals surface area contributed by atoms with E-state index < -0.39 is 0 Å². The van der Waals surface area contributed by atoms with Gasteiger partial charge in [-0.2, -0.15) is 0 Å². The number of hydrogen-bond acceptors (Lipinski definition) is 4. The lowest BCUT2D eigenvalue weighted by molar-refractivity contribution is -0.138. The minimum absolute atomic E-state index is 0.117. The molecule has 168 valence electrons. The van der Waals surface area contributed by atoms with Crippen molar-refractivity contribution in [2.45, 2.75) is 39.7 Å². The molecular formula is C26H29FN2O3. The van der Waals surface area contributed by atoms with Gasteiger partial charge in [-0.15, -0.1) is 0 Å². The van der Waals surface area contributed by atoms with Crippen molar-refractivity contribution in [3.8, 4) is 5.75 Å². The zero-order chi connectivity index (χ0) is 22.7. The van der Waals surface area contributed by atoms with Crippen molar-refractivity contribution in [3.05, 3.63) is 71.2 Å². The highest BCUT2D eigenvalue weighted by Gasteiger charge is 2.42. The Hall–Kier alpha value is -3.15. The van der Waals surface area contributed by atoms with E-state index in [4.69, 9.17) is 4.74 Å². The molecule has 2 aliphatic heterocycles. The lowest BCUT2D eigenvalue weighted by atomic mass is 9.97. The Balaban J connectivity index is 1.68. The average Bonchev–Trinajstić information content (AvgIpc) is 3.04. The van der Waals surface area contributed by atoms with Gasteiger partial charge in [0.05, 0.1) is 18.7 Å². The molecule has 0 radical (unpaired) electrons. The van der Waals surface area contributed by atoms with Crippen LogP contribution in [0.5, 0.6) is 5.75 Å². The fourth-order valence-electron chi connectivity index (χ4n) is 4.36. The second kappa shape index (κ2) is 9.55. The van der Waals surface area contributed by atoms with Crippen molar-refractivity contribution >= 4 is 17.4 Å². The lowest BCUT2D eigenvalue weighted by Gasteiger charge is -2.33. The van der Waals surface area contributed by atoms with Crippen LogP contribution in [-0.4, -0.2) is 41.3 Å². The van der Waals surface area contributed by atoms with Crippen LogP contribution in [-0.2, 0) is 16.1 Å². The normalized spacial score (nSPS) is 19.2. The van der Waals surface area contributed by atoms with Gasteiger partial charge in [0.25, 0.3) is 11.8 Å². The maximum atomic E-state index is 13.5. The van der Waals surface area contributed by atoms with E-state index in [-0.39, 0.29) is 24.2 Å². The third kappa shape index (κ3) is 4.54. The smallest absolute Gasteiger partial charge is 0.278 e. The van der Waals surface area contributed by atoms with Crippen molar-refractivity contribution in [1.29, 1.82) is 0 Å². The summed E-state index contributed by atoms with van der Waals surface area (Å²) in [6.45, 7) is 6.46. The Morgan fingerprint density at radius 3 is 2.41 bits per heavy atom. The zero-order valence-electron chi connectivity index (χ0n) is 18.6. The molecule has 2 aliphatic rings.